The molecule has 3 rings (SSSR count). The second-order valence-corrected chi connectivity index (χ2v) is 4.65. The molecule has 3 aromatic rings. The molecule has 0 atom stereocenters. The van der Waals surface area contributed by atoms with Crippen LogP contribution in [-0.4, -0.2) is 0 Å². The summed E-state index contributed by atoms with van der Waals surface area (Å²) in [4.78, 5) is 0. The summed E-state index contributed by atoms with van der Waals surface area (Å²) in [7, 11) is 0. The summed E-state index contributed by atoms with van der Waals surface area (Å²) < 4.78 is 0. The molecule has 0 spiro atoms. The van der Waals surface area contributed by atoms with Crippen LogP contribution in [0.5, 0.6) is 0 Å². The molecular formula is C14H8Cl2. The third-order valence-electron chi connectivity index (χ3n) is 2.75. The van der Waals surface area contributed by atoms with Crippen LogP contribution in [0.25, 0.3) is 21.5 Å². The highest BCUT2D eigenvalue weighted by molar-refractivity contribution is 6.36. The number of fused-ring (bicyclic) bond motifs is 2. The Balaban J connectivity index is 2.49. The lowest BCUT2D eigenvalue weighted by Gasteiger charge is -2.04. The van der Waals surface area contributed by atoms with E-state index >= 15 is 0 Å². The first-order valence-electron chi connectivity index (χ1n) is 5.01. The lowest BCUT2D eigenvalue weighted by molar-refractivity contribution is 1.76. The van der Waals surface area contributed by atoms with Crippen molar-refractivity contribution in [3.05, 3.63) is 58.6 Å². The molecule has 0 aliphatic heterocycles. The highest BCUT2D eigenvalue weighted by Gasteiger charge is 2.01. The number of rotatable bonds is 0. The van der Waals surface area contributed by atoms with Crippen molar-refractivity contribution >= 4 is 44.7 Å². The predicted octanol–water partition coefficient (Wildman–Crippen LogP) is 5.30. The predicted molar refractivity (Wildman–Crippen MR) is 71.5 cm³/mol. The normalized spacial score (nSPS) is 11.1. The molecule has 0 saturated heterocycles. The van der Waals surface area contributed by atoms with Crippen LogP contribution in [0.15, 0.2) is 48.5 Å². The summed E-state index contributed by atoms with van der Waals surface area (Å²) >= 11 is 12.1. The summed E-state index contributed by atoms with van der Waals surface area (Å²) in [6.07, 6.45) is 0. The zero-order valence-corrected chi connectivity index (χ0v) is 9.89. The summed E-state index contributed by atoms with van der Waals surface area (Å²) in [5.74, 6) is 0. The Morgan fingerprint density at radius 3 is 2.44 bits per heavy atom. The second kappa shape index (κ2) is 3.65. The molecule has 0 aliphatic carbocycles. The molecule has 0 aliphatic rings. The molecule has 16 heavy (non-hydrogen) atoms. The molecule has 0 fully saturated rings. The molecule has 0 radical (unpaired) electrons. The monoisotopic (exact) mass is 246 g/mol. The second-order valence-electron chi connectivity index (χ2n) is 3.80. The standard InChI is InChI=1S/C14H8Cl2/c15-12-5-4-9-8-13-10(6-11(9)7-12)2-1-3-14(13)16/h1-8H. The smallest absolute Gasteiger partial charge is 0.0484 e. The van der Waals surface area contributed by atoms with Crippen LogP contribution in [0, 0.1) is 0 Å². The van der Waals surface area contributed by atoms with Gasteiger partial charge in [0, 0.05) is 15.4 Å². The lowest BCUT2D eigenvalue weighted by atomic mass is 10.0. The molecule has 0 aromatic heterocycles. The molecule has 78 valence electrons. The van der Waals surface area contributed by atoms with Gasteiger partial charge in [-0.15, -0.1) is 0 Å². The molecule has 0 bridgehead atoms. The Labute approximate surface area is 103 Å². The number of hydrogen-bond acceptors (Lipinski definition) is 0. The van der Waals surface area contributed by atoms with Crippen molar-refractivity contribution in [2.24, 2.45) is 0 Å². The van der Waals surface area contributed by atoms with Crippen molar-refractivity contribution < 1.29 is 0 Å². The number of hydrogen-bond donors (Lipinski definition) is 0. The summed E-state index contributed by atoms with van der Waals surface area (Å²) in [6.45, 7) is 0. The van der Waals surface area contributed by atoms with E-state index in [1.165, 1.54) is 0 Å². The van der Waals surface area contributed by atoms with Crippen molar-refractivity contribution in [2.45, 2.75) is 0 Å². The van der Waals surface area contributed by atoms with E-state index in [1.54, 1.807) is 0 Å². The number of benzene rings is 3. The van der Waals surface area contributed by atoms with E-state index in [9.17, 15) is 0 Å². The molecular weight excluding hydrogens is 239 g/mol. The van der Waals surface area contributed by atoms with Crippen LogP contribution in [0.3, 0.4) is 0 Å². The first-order chi connectivity index (χ1) is 7.74. The van der Waals surface area contributed by atoms with Crippen LogP contribution in [0.1, 0.15) is 0 Å². The van der Waals surface area contributed by atoms with Gasteiger partial charge in [-0.3, -0.25) is 0 Å². The van der Waals surface area contributed by atoms with Gasteiger partial charge in [0.15, 0.2) is 0 Å². The summed E-state index contributed by atoms with van der Waals surface area (Å²) in [6, 6.07) is 16.0. The van der Waals surface area contributed by atoms with E-state index in [2.05, 4.69) is 18.2 Å². The van der Waals surface area contributed by atoms with E-state index in [0.717, 1.165) is 31.6 Å². The van der Waals surface area contributed by atoms with Crippen LogP contribution in [-0.2, 0) is 0 Å². The molecule has 0 amide bonds. The fraction of sp³-hybridized carbons (Fsp3) is 0. The van der Waals surface area contributed by atoms with Crippen molar-refractivity contribution in [1.82, 2.24) is 0 Å². The van der Waals surface area contributed by atoms with Crippen LogP contribution < -0.4 is 0 Å². The van der Waals surface area contributed by atoms with Crippen molar-refractivity contribution in [3.63, 3.8) is 0 Å². The van der Waals surface area contributed by atoms with Crippen LogP contribution >= 0.6 is 23.2 Å². The third kappa shape index (κ3) is 1.55. The fourth-order valence-corrected chi connectivity index (χ4v) is 2.37. The molecule has 3 aromatic carbocycles. The van der Waals surface area contributed by atoms with Gasteiger partial charge in [0.25, 0.3) is 0 Å². The van der Waals surface area contributed by atoms with Gasteiger partial charge >= 0.3 is 0 Å². The highest BCUT2D eigenvalue weighted by atomic mass is 35.5. The molecule has 0 heterocycles. The van der Waals surface area contributed by atoms with E-state index < -0.39 is 0 Å². The molecule has 0 nitrogen and oxygen atoms in total. The van der Waals surface area contributed by atoms with Crippen LogP contribution in [0.2, 0.25) is 10.0 Å². The van der Waals surface area contributed by atoms with Crippen molar-refractivity contribution in [2.75, 3.05) is 0 Å². The van der Waals surface area contributed by atoms with Gasteiger partial charge < -0.3 is 0 Å². The van der Waals surface area contributed by atoms with Gasteiger partial charge in [0.1, 0.15) is 0 Å². The third-order valence-corrected chi connectivity index (χ3v) is 3.31. The zero-order valence-electron chi connectivity index (χ0n) is 8.37. The Hall–Kier alpha value is -1.24. The maximum absolute atomic E-state index is 6.16. The van der Waals surface area contributed by atoms with E-state index in [4.69, 9.17) is 23.2 Å². The largest absolute Gasteiger partial charge is 0.0843 e. The summed E-state index contributed by atoms with van der Waals surface area (Å²) in [5, 5.41) is 6.07. The fourth-order valence-electron chi connectivity index (χ4n) is 1.96. The quantitative estimate of drug-likeness (QED) is 0.473. The Bertz CT molecular complexity index is 686. The van der Waals surface area contributed by atoms with Crippen LogP contribution in [0.4, 0.5) is 0 Å². The zero-order chi connectivity index (χ0) is 11.1. The van der Waals surface area contributed by atoms with Gasteiger partial charge in [0.05, 0.1) is 0 Å². The minimum absolute atomic E-state index is 0.758. The van der Waals surface area contributed by atoms with Gasteiger partial charge in [-0.1, -0.05) is 41.4 Å². The highest BCUT2D eigenvalue weighted by Crippen LogP contribution is 2.29. The van der Waals surface area contributed by atoms with Gasteiger partial charge in [0.2, 0.25) is 0 Å². The Kier molecular flexibility index (Phi) is 2.27. The minimum atomic E-state index is 0.758. The van der Waals surface area contributed by atoms with Gasteiger partial charge in [-0.2, -0.15) is 0 Å². The Morgan fingerprint density at radius 1 is 0.688 bits per heavy atom. The molecule has 0 unspecified atom stereocenters. The van der Waals surface area contributed by atoms with E-state index in [0.29, 0.717) is 0 Å². The molecule has 0 saturated carbocycles. The van der Waals surface area contributed by atoms with Gasteiger partial charge in [-0.05, 0) is 46.5 Å². The molecule has 2 heteroatoms. The maximum Gasteiger partial charge on any atom is 0.0484 e. The van der Waals surface area contributed by atoms with E-state index in [-0.39, 0.29) is 0 Å². The topological polar surface area (TPSA) is 0 Å². The van der Waals surface area contributed by atoms with Gasteiger partial charge in [-0.25, -0.2) is 0 Å². The van der Waals surface area contributed by atoms with Crippen molar-refractivity contribution in [3.8, 4) is 0 Å². The van der Waals surface area contributed by atoms with E-state index in [1.807, 2.05) is 30.3 Å². The maximum atomic E-state index is 6.16. The average molecular weight is 247 g/mol. The average Bonchev–Trinajstić information content (AvgIpc) is 2.27. The van der Waals surface area contributed by atoms with Crippen molar-refractivity contribution in [1.29, 1.82) is 0 Å². The molecule has 0 N–H and O–H groups in total. The summed E-state index contributed by atoms with van der Waals surface area (Å²) in [5.41, 5.74) is 0. The SMILES string of the molecule is Clc1ccc2cc3c(Cl)cccc3cc2c1. The first-order valence-corrected chi connectivity index (χ1v) is 5.77. The first kappa shape index (κ1) is 9.95. The Morgan fingerprint density at radius 2 is 1.56 bits per heavy atom. The minimum Gasteiger partial charge on any atom is -0.0843 e. The number of halogens is 2. The lowest BCUT2D eigenvalue weighted by Crippen LogP contribution is -1.77.